The summed E-state index contributed by atoms with van der Waals surface area (Å²) in [5, 5.41) is 0. The van der Waals surface area contributed by atoms with Crippen molar-refractivity contribution in [3.05, 3.63) is 0 Å². The van der Waals surface area contributed by atoms with E-state index < -0.39 is 0 Å². The zero-order valence-electron chi connectivity index (χ0n) is 6.72. The molecule has 3 atom stereocenters. The SMILES string of the molecule is CP[C@H]1C[C@H]1C(=O)N(C)C. The first kappa shape index (κ1) is 8.00. The quantitative estimate of drug-likeness (QED) is 0.545. The highest BCUT2D eigenvalue weighted by atomic mass is 31.1. The highest BCUT2D eigenvalue weighted by Gasteiger charge is 2.42. The van der Waals surface area contributed by atoms with Crippen LogP contribution in [0.3, 0.4) is 0 Å². The summed E-state index contributed by atoms with van der Waals surface area (Å²) in [7, 11) is 4.60. The Morgan fingerprint density at radius 3 is 2.50 bits per heavy atom. The van der Waals surface area contributed by atoms with Gasteiger partial charge in [-0.2, -0.15) is 0 Å². The summed E-state index contributed by atoms with van der Waals surface area (Å²) in [5.74, 6) is 0.692. The van der Waals surface area contributed by atoms with Crippen LogP contribution in [0, 0.1) is 5.92 Å². The van der Waals surface area contributed by atoms with Crippen LogP contribution in [-0.4, -0.2) is 37.2 Å². The standard InChI is InChI=1S/C7H14NOP/c1-8(2)7(9)5-4-6(5)10-3/h5-6,10H,4H2,1-3H3/t5-,6+/m1/s1. The van der Waals surface area contributed by atoms with E-state index in [2.05, 4.69) is 6.66 Å². The third-order valence-corrected chi connectivity index (χ3v) is 3.30. The molecule has 10 heavy (non-hydrogen) atoms. The van der Waals surface area contributed by atoms with Gasteiger partial charge in [0, 0.05) is 20.0 Å². The number of rotatable bonds is 2. The molecule has 0 aromatic carbocycles. The van der Waals surface area contributed by atoms with Crippen molar-refractivity contribution in [1.29, 1.82) is 0 Å². The molecule has 0 heterocycles. The average molecular weight is 159 g/mol. The van der Waals surface area contributed by atoms with Crippen molar-refractivity contribution in [1.82, 2.24) is 4.90 Å². The molecular weight excluding hydrogens is 145 g/mol. The van der Waals surface area contributed by atoms with Gasteiger partial charge in [0.25, 0.3) is 0 Å². The zero-order chi connectivity index (χ0) is 7.72. The van der Waals surface area contributed by atoms with Crippen molar-refractivity contribution in [2.75, 3.05) is 20.8 Å². The Morgan fingerprint density at radius 2 is 2.20 bits per heavy atom. The molecule has 1 aliphatic rings. The van der Waals surface area contributed by atoms with E-state index in [1.165, 1.54) is 0 Å². The predicted octanol–water partition coefficient (Wildman–Crippen LogP) is 0.771. The Labute approximate surface area is 63.8 Å². The van der Waals surface area contributed by atoms with Crippen molar-refractivity contribution in [2.24, 2.45) is 5.92 Å². The molecule has 0 aromatic rings. The third kappa shape index (κ3) is 1.49. The first-order valence-corrected chi connectivity index (χ1v) is 5.13. The van der Waals surface area contributed by atoms with E-state index in [0.717, 1.165) is 20.7 Å². The van der Waals surface area contributed by atoms with Crippen molar-refractivity contribution in [3.8, 4) is 0 Å². The second-order valence-electron chi connectivity index (χ2n) is 2.97. The number of carbonyl (C=O) groups excluding carboxylic acids is 1. The number of nitrogens with zero attached hydrogens (tertiary/aromatic N) is 1. The summed E-state index contributed by atoms with van der Waals surface area (Å²) in [5.41, 5.74) is 0.718. The van der Waals surface area contributed by atoms with Crippen LogP contribution in [-0.2, 0) is 4.79 Å². The van der Waals surface area contributed by atoms with Gasteiger partial charge >= 0.3 is 0 Å². The summed E-state index contributed by atoms with van der Waals surface area (Å²) in [6.07, 6.45) is 1.13. The minimum atomic E-state index is 0.319. The third-order valence-electron chi connectivity index (χ3n) is 1.92. The smallest absolute Gasteiger partial charge is 0.225 e. The molecule has 0 aromatic heterocycles. The second-order valence-corrected chi connectivity index (χ2v) is 4.29. The number of carbonyl (C=O) groups is 1. The van der Waals surface area contributed by atoms with Crippen LogP contribution in [0.5, 0.6) is 0 Å². The van der Waals surface area contributed by atoms with Gasteiger partial charge in [-0.1, -0.05) is 0 Å². The molecule has 0 bridgehead atoms. The lowest BCUT2D eigenvalue weighted by Gasteiger charge is -2.08. The van der Waals surface area contributed by atoms with Gasteiger partial charge in [0.05, 0.1) is 0 Å². The van der Waals surface area contributed by atoms with Crippen molar-refractivity contribution < 1.29 is 4.79 Å². The largest absolute Gasteiger partial charge is 0.349 e. The predicted molar refractivity (Wildman–Crippen MR) is 44.8 cm³/mol. The molecule has 0 aliphatic heterocycles. The van der Waals surface area contributed by atoms with E-state index >= 15 is 0 Å². The molecule has 0 radical (unpaired) electrons. The summed E-state index contributed by atoms with van der Waals surface area (Å²) in [6, 6.07) is 0. The van der Waals surface area contributed by atoms with E-state index in [1.807, 2.05) is 14.1 Å². The molecule has 1 unspecified atom stereocenters. The Hall–Kier alpha value is -0.100. The lowest BCUT2D eigenvalue weighted by molar-refractivity contribution is -0.129. The molecule has 1 saturated carbocycles. The molecule has 0 spiro atoms. The number of amides is 1. The van der Waals surface area contributed by atoms with E-state index in [0.29, 0.717) is 11.8 Å². The van der Waals surface area contributed by atoms with Crippen LogP contribution >= 0.6 is 8.58 Å². The number of hydrogen-bond acceptors (Lipinski definition) is 1. The fourth-order valence-corrected chi connectivity index (χ4v) is 2.15. The van der Waals surface area contributed by atoms with Crippen LogP contribution in [0.2, 0.25) is 0 Å². The van der Waals surface area contributed by atoms with Crippen molar-refractivity contribution in [2.45, 2.75) is 12.1 Å². The fourth-order valence-electron chi connectivity index (χ4n) is 1.12. The second kappa shape index (κ2) is 2.87. The molecule has 1 rings (SSSR count). The van der Waals surface area contributed by atoms with Crippen molar-refractivity contribution >= 4 is 14.5 Å². The average Bonchev–Trinajstić information content (AvgIpc) is 2.64. The fraction of sp³-hybridized carbons (Fsp3) is 0.857. The minimum absolute atomic E-state index is 0.319. The van der Waals surface area contributed by atoms with Gasteiger partial charge in [-0.15, -0.1) is 8.58 Å². The normalized spacial score (nSPS) is 31.1. The summed E-state index contributed by atoms with van der Waals surface area (Å²) >= 11 is 0. The topological polar surface area (TPSA) is 20.3 Å². The monoisotopic (exact) mass is 159 g/mol. The Balaban J connectivity index is 2.33. The van der Waals surface area contributed by atoms with E-state index in [1.54, 1.807) is 4.90 Å². The van der Waals surface area contributed by atoms with Gasteiger partial charge < -0.3 is 4.90 Å². The zero-order valence-corrected chi connectivity index (χ0v) is 7.72. The van der Waals surface area contributed by atoms with Crippen LogP contribution in [0.1, 0.15) is 6.42 Å². The first-order valence-electron chi connectivity index (χ1n) is 3.55. The van der Waals surface area contributed by atoms with Crippen LogP contribution in [0.15, 0.2) is 0 Å². The van der Waals surface area contributed by atoms with E-state index in [4.69, 9.17) is 0 Å². The number of hydrogen-bond donors (Lipinski definition) is 0. The van der Waals surface area contributed by atoms with Crippen LogP contribution in [0.4, 0.5) is 0 Å². The molecule has 0 N–H and O–H groups in total. The highest BCUT2D eigenvalue weighted by Crippen LogP contribution is 2.44. The van der Waals surface area contributed by atoms with E-state index in [9.17, 15) is 4.79 Å². The van der Waals surface area contributed by atoms with Gasteiger partial charge in [0.1, 0.15) is 0 Å². The lowest BCUT2D eigenvalue weighted by Crippen LogP contribution is -2.24. The Bertz CT molecular complexity index is 147. The maximum atomic E-state index is 11.2. The first-order chi connectivity index (χ1) is 4.66. The highest BCUT2D eigenvalue weighted by molar-refractivity contribution is 7.38. The lowest BCUT2D eigenvalue weighted by atomic mass is 10.4. The Kier molecular flexibility index (Phi) is 2.30. The molecule has 1 fully saturated rings. The van der Waals surface area contributed by atoms with Gasteiger partial charge in [-0.3, -0.25) is 4.79 Å². The maximum absolute atomic E-state index is 11.2. The summed E-state index contributed by atoms with van der Waals surface area (Å²) in [4.78, 5) is 12.9. The molecule has 0 saturated heterocycles. The molecule has 1 amide bonds. The maximum Gasteiger partial charge on any atom is 0.225 e. The van der Waals surface area contributed by atoms with Gasteiger partial charge in [0.2, 0.25) is 5.91 Å². The molecular formula is C7H14NOP. The molecule has 58 valence electrons. The summed E-state index contributed by atoms with van der Waals surface area (Å²) in [6.45, 7) is 2.17. The van der Waals surface area contributed by atoms with Crippen LogP contribution < -0.4 is 0 Å². The van der Waals surface area contributed by atoms with Gasteiger partial charge in [0.15, 0.2) is 0 Å². The molecule has 1 aliphatic carbocycles. The minimum Gasteiger partial charge on any atom is -0.349 e. The van der Waals surface area contributed by atoms with Gasteiger partial charge in [-0.25, -0.2) is 0 Å². The van der Waals surface area contributed by atoms with Crippen molar-refractivity contribution in [3.63, 3.8) is 0 Å². The van der Waals surface area contributed by atoms with Crippen LogP contribution in [0.25, 0.3) is 0 Å². The summed E-state index contributed by atoms with van der Waals surface area (Å²) < 4.78 is 0. The molecule has 3 heteroatoms. The Morgan fingerprint density at radius 1 is 1.60 bits per heavy atom. The van der Waals surface area contributed by atoms with E-state index in [-0.39, 0.29) is 0 Å². The molecule has 2 nitrogen and oxygen atoms in total. The van der Waals surface area contributed by atoms with Gasteiger partial charge in [-0.05, 0) is 18.7 Å².